The quantitative estimate of drug-likeness (QED) is 0.139. The van der Waals surface area contributed by atoms with E-state index in [1.165, 1.54) is 11.8 Å². The molecular formula is C40H42N4O7+2. The van der Waals surface area contributed by atoms with Gasteiger partial charge in [0.2, 0.25) is 5.91 Å². The number of hydrogen-bond acceptors (Lipinski definition) is 6. The molecule has 262 valence electrons. The predicted octanol–water partition coefficient (Wildman–Crippen LogP) is 3.55. The predicted molar refractivity (Wildman–Crippen MR) is 188 cm³/mol. The molecule has 3 aromatic carbocycles. The summed E-state index contributed by atoms with van der Waals surface area (Å²) < 4.78 is 1.67. The Morgan fingerprint density at radius 2 is 1.57 bits per heavy atom. The number of aliphatic hydroxyl groups excluding tert-OH is 1. The molecule has 51 heavy (non-hydrogen) atoms. The van der Waals surface area contributed by atoms with Crippen LogP contribution >= 0.6 is 0 Å². The lowest BCUT2D eigenvalue weighted by Crippen LogP contribution is -2.75. The Labute approximate surface area is 296 Å². The molecule has 1 aliphatic carbocycles. The topological polar surface area (TPSA) is 141 Å². The van der Waals surface area contributed by atoms with E-state index in [0.29, 0.717) is 40.1 Å². The maximum absolute atomic E-state index is 13.7. The molecule has 0 radical (unpaired) electrons. The number of amides is 2. The van der Waals surface area contributed by atoms with Gasteiger partial charge in [-0.2, -0.15) is 0 Å². The fraction of sp³-hybridized carbons (Fsp3) is 0.375. The third kappa shape index (κ3) is 5.25. The van der Waals surface area contributed by atoms with Crippen LogP contribution in [-0.4, -0.2) is 111 Å². The van der Waals surface area contributed by atoms with E-state index in [-0.39, 0.29) is 35.0 Å². The van der Waals surface area contributed by atoms with E-state index in [1.54, 1.807) is 43.3 Å². The molecule has 5 aliphatic heterocycles. The van der Waals surface area contributed by atoms with Crippen LogP contribution < -0.4 is 5.32 Å². The van der Waals surface area contributed by atoms with E-state index in [0.717, 1.165) is 71.5 Å². The fourth-order valence-corrected chi connectivity index (χ4v) is 9.47. The largest absolute Gasteiger partial charge is 0.477 e. The van der Waals surface area contributed by atoms with E-state index in [9.17, 15) is 34.2 Å². The highest BCUT2D eigenvalue weighted by atomic mass is 16.4. The third-order valence-corrected chi connectivity index (χ3v) is 12.3. The second-order valence-electron chi connectivity index (χ2n) is 15.3. The highest BCUT2D eigenvalue weighted by Crippen LogP contribution is 2.51. The number of aliphatic carboxylic acids is 1. The van der Waals surface area contributed by atoms with Gasteiger partial charge in [0.05, 0.1) is 18.1 Å². The van der Waals surface area contributed by atoms with Crippen LogP contribution in [0.25, 0.3) is 16.7 Å². The average Bonchev–Trinajstić information content (AvgIpc) is 3.52. The number of carbonyl (C=O) groups excluding carboxylic acids is 4. The highest BCUT2D eigenvalue weighted by Gasteiger charge is 2.60. The van der Waals surface area contributed by atoms with Crippen molar-refractivity contribution in [1.29, 1.82) is 0 Å². The average molecular weight is 691 g/mol. The molecule has 0 aromatic heterocycles. The minimum absolute atomic E-state index is 0.0407. The van der Waals surface area contributed by atoms with Crippen LogP contribution in [0.15, 0.2) is 66.4 Å². The summed E-state index contributed by atoms with van der Waals surface area (Å²) in [5.41, 5.74) is 6.25. The second-order valence-corrected chi connectivity index (χ2v) is 15.3. The Bertz CT molecular complexity index is 2080. The van der Waals surface area contributed by atoms with Crippen LogP contribution in [0.3, 0.4) is 0 Å². The number of carboxylic acid groups (broad SMARTS) is 1. The smallest absolute Gasteiger partial charge is 0.352 e. The zero-order chi connectivity index (χ0) is 36.0. The molecule has 4 atom stereocenters. The number of piperazine rings is 3. The maximum Gasteiger partial charge on any atom is 0.352 e. The van der Waals surface area contributed by atoms with Gasteiger partial charge in [-0.3, -0.25) is 19.2 Å². The summed E-state index contributed by atoms with van der Waals surface area (Å²) in [6.07, 6.45) is -0.883. The Kier molecular flexibility index (Phi) is 7.68. The lowest BCUT2D eigenvalue weighted by molar-refractivity contribution is -1.08. The third-order valence-electron chi connectivity index (χ3n) is 12.3. The minimum atomic E-state index is -1.18. The van der Waals surface area contributed by atoms with Gasteiger partial charge in [0.25, 0.3) is 5.91 Å². The molecular weight excluding hydrogens is 648 g/mol. The number of nitrogens with one attached hydrogen (secondary N) is 1. The van der Waals surface area contributed by atoms with Crippen LogP contribution in [0, 0.1) is 11.8 Å². The molecule has 0 saturated carbocycles. The van der Waals surface area contributed by atoms with Crippen molar-refractivity contribution in [3.05, 3.63) is 94.2 Å². The number of nitrogens with zero attached hydrogens (tertiary/aromatic N) is 3. The normalized spacial score (nSPS) is 27.8. The number of quaternary nitrogens is 2. The van der Waals surface area contributed by atoms with Crippen molar-refractivity contribution >= 4 is 40.6 Å². The molecule has 0 spiro atoms. The molecule has 4 saturated heterocycles. The SMILES string of the molecule is CC(=O)c1cccc(NC(=O)C[N+]23CC[N+](Cc4ccc5c(c4)C(=O)c4ccc(C6=C(C(=O)O)N7C(=O)[C@H]([C@@H](C)O)[C@H]7[C@H]6C)cc4-5)(CC2)CC3)c1. The van der Waals surface area contributed by atoms with Gasteiger partial charge in [0, 0.05) is 33.9 Å². The first-order valence-electron chi connectivity index (χ1n) is 17.7. The Morgan fingerprint density at radius 3 is 2.24 bits per heavy atom. The van der Waals surface area contributed by atoms with Gasteiger partial charge < -0.3 is 29.4 Å². The molecule has 11 nitrogen and oxygen atoms in total. The number of benzene rings is 3. The zero-order valence-electron chi connectivity index (χ0n) is 29.0. The monoisotopic (exact) mass is 690 g/mol. The van der Waals surface area contributed by atoms with Crippen LogP contribution in [0.5, 0.6) is 0 Å². The second kappa shape index (κ2) is 11.8. The summed E-state index contributed by atoms with van der Waals surface area (Å²) in [6, 6.07) is 18.1. The number of rotatable bonds is 9. The lowest BCUT2D eigenvalue weighted by Gasteiger charge is -2.55. The van der Waals surface area contributed by atoms with Crippen molar-refractivity contribution in [3.8, 4) is 11.1 Å². The maximum atomic E-state index is 13.7. The number of β-lactam (4-membered cyclic amide) rings is 1. The first-order chi connectivity index (χ1) is 24.3. The van der Waals surface area contributed by atoms with Crippen molar-refractivity contribution in [2.45, 2.75) is 39.5 Å². The summed E-state index contributed by atoms with van der Waals surface area (Å²) in [7, 11) is 0. The van der Waals surface area contributed by atoms with Crippen molar-refractivity contribution in [2.75, 3.05) is 51.1 Å². The summed E-state index contributed by atoms with van der Waals surface area (Å²) in [5, 5.41) is 23.4. The first kappa shape index (κ1) is 33.2. The molecule has 0 unspecified atom stereocenters. The number of anilines is 1. The number of Topliss-reactive ketones (excluding diaryl/α,β-unsaturated/α-hetero) is 1. The number of carbonyl (C=O) groups is 5. The minimum Gasteiger partial charge on any atom is -0.477 e. The number of aliphatic hydroxyl groups is 1. The molecule has 4 fully saturated rings. The Balaban J connectivity index is 0.978. The van der Waals surface area contributed by atoms with Crippen molar-refractivity contribution in [1.82, 2.24) is 4.90 Å². The van der Waals surface area contributed by atoms with Crippen molar-refractivity contribution in [2.24, 2.45) is 11.8 Å². The standard InChI is InChI=1S/C40H40N4O7/c1-22-34(37(40(50)51)42-36(22)35(24(3)46)39(42)49)27-8-10-30-31(19-27)29-9-7-25(17-32(29)38(30)48)20-43-11-14-44(15-12-43,16-13-43)21-33(47)41-28-6-4-5-26(18-28)23(2)45/h4-10,17-19,22,24,35-36,46H,11-16,20-21H2,1-3H3/p+2/t22-,24+,35+,36+,43?,44?/m0/s1. The van der Waals surface area contributed by atoms with Crippen LogP contribution in [0.4, 0.5) is 5.69 Å². The highest BCUT2D eigenvalue weighted by molar-refractivity contribution is 6.22. The van der Waals surface area contributed by atoms with E-state index in [2.05, 4.69) is 11.4 Å². The molecule has 3 aromatic rings. The van der Waals surface area contributed by atoms with Crippen molar-refractivity contribution in [3.63, 3.8) is 0 Å². The van der Waals surface area contributed by atoms with E-state index in [1.807, 2.05) is 25.1 Å². The molecule has 11 heteroatoms. The first-order valence-corrected chi connectivity index (χ1v) is 17.7. The van der Waals surface area contributed by atoms with Crippen LogP contribution in [0.2, 0.25) is 0 Å². The van der Waals surface area contributed by atoms with Crippen LogP contribution in [-0.2, 0) is 20.9 Å². The van der Waals surface area contributed by atoms with Gasteiger partial charge in [-0.15, -0.1) is 0 Å². The van der Waals surface area contributed by atoms with E-state index >= 15 is 0 Å². The Morgan fingerprint density at radius 1 is 0.882 bits per heavy atom. The van der Waals surface area contributed by atoms with Gasteiger partial charge in [0.1, 0.15) is 51.5 Å². The van der Waals surface area contributed by atoms with Gasteiger partial charge in [-0.1, -0.05) is 37.3 Å². The number of carboxylic acids is 1. The van der Waals surface area contributed by atoms with Gasteiger partial charge in [0.15, 0.2) is 18.1 Å². The van der Waals surface area contributed by atoms with Gasteiger partial charge in [-0.25, -0.2) is 4.79 Å². The zero-order valence-corrected chi connectivity index (χ0v) is 29.0. The summed E-state index contributed by atoms with van der Waals surface area (Å²) in [6.45, 7) is 11.7. The van der Waals surface area contributed by atoms with E-state index < -0.39 is 24.0 Å². The molecule has 6 aliphatic rings. The lowest BCUT2D eigenvalue weighted by atomic mass is 9.76. The number of fused-ring (bicyclic) bond motifs is 7. The fourth-order valence-electron chi connectivity index (χ4n) is 9.47. The van der Waals surface area contributed by atoms with E-state index in [4.69, 9.17) is 0 Å². The molecule has 3 N–H and O–H groups in total. The summed E-state index contributed by atoms with van der Waals surface area (Å²) in [4.78, 5) is 65.2. The molecule has 5 heterocycles. The molecule has 9 rings (SSSR count). The van der Waals surface area contributed by atoms with Crippen molar-refractivity contribution < 1.29 is 43.2 Å². The number of ketones is 2. The molecule has 2 bridgehead atoms. The van der Waals surface area contributed by atoms with Gasteiger partial charge in [-0.05, 0) is 66.4 Å². The Hall–Kier alpha value is -4.97. The molecule has 2 amide bonds. The van der Waals surface area contributed by atoms with Gasteiger partial charge >= 0.3 is 5.97 Å². The van der Waals surface area contributed by atoms with Crippen LogP contribution in [0.1, 0.15) is 58.2 Å². The summed E-state index contributed by atoms with van der Waals surface area (Å²) in [5.74, 6) is -2.65. The number of hydrogen-bond donors (Lipinski definition) is 3. The summed E-state index contributed by atoms with van der Waals surface area (Å²) >= 11 is 0.